The monoisotopic (exact) mass is 713 g/mol. The first-order valence-corrected chi connectivity index (χ1v) is 19.0. The van der Waals surface area contributed by atoms with Crippen molar-refractivity contribution < 1.29 is 4.42 Å². The molecule has 12 rings (SSSR count). The van der Waals surface area contributed by atoms with Crippen molar-refractivity contribution in [3.63, 3.8) is 0 Å². The molecule has 11 aromatic rings. The summed E-state index contributed by atoms with van der Waals surface area (Å²) in [6.07, 6.45) is 0. The summed E-state index contributed by atoms with van der Waals surface area (Å²) in [6.45, 7) is 0. The lowest BCUT2D eigenvalue weighted by molar-refractivity contribution is 0.669. The number of rotatable bonds is 3. The van der Waals surface area contributed by atoms with Crippen molar-refractivity contribution in [2.45, 2.75) is 5.41 Å². The van der Waals surface area contributed by atoms with E-state index in [9.17, 15) is 0 Å². The molecule has 260 valence electrons. The van der Waals surface area contributed by atoms with Crippen molar-refractivity contribution in [2.24, 2.45) is 0 Å². The molecule has 0 saturated heterocycles. The normalized spacial score (nSPS) is 13.1. The molecular weight excluding hydrogens is 683 g/mol. The fourth-order valence-corrected chi connectivity index (χ4v) is 9.33. The Labute approximate surface area is 322 Å². The second kappa shape index (κ2) is 11.8. The zero-order valence-corrected chi connectivity index (χ0v) is 30.1. The van der Waals surface area contributed by atoms with Gasteiger partial charge in [-0.1, -0.05) is 164 Å². The fraction of sp³-hybridized carbons (Fsp3) is 0.0192. The van der Waals surface area contributed by atoms with Crippen LogP contribution in [-0.4, -0.2) is 15.0 Å². The van der Waals surface area contributed by atoms with E-state index in [4.69, 9.17) is 19.4 Å². The van der Waals surface area contributed by atoms with E-state index >= 15 is 0 Å². The van der Waals surface area contributed by atoms with E-state index in [0.29, 0.717) is 17.1 Å². The average molecular weight is 714 g/mol. The molecule has 3 aromatic heterocycles. The summed E-state index contributed by atoms with van der Waals surface area (Å²) in [7, 11) is 0. The van der Waals surface area contributed by atoms with E-state index in [1.807, 2.05) is 12.1 Å². The third-order valence-electron chi connectivity index (χ3n) is 11.8. The second-order valence-corrected chi connectivity index (χ2v) is 14.7. The average Bonchev–Trinajstić information content (AvgIpc) is 3.80. The fourth-order valence-electron chi connectivity index (χ4n) is 9.33. The van der Waals surface area contributed by atoms with Crippen LogP contribution >= 0.6 is 0 Å². The van der Waals surface area contributed by atoms with Gasteiger partial charge in [-0.05, 0) is 79.2 Å². The van der Waals surface area contributed by atoms with Crippen LogP contribution in [0.1, 0.15) is 22.3 Å². The van der Waals surface area contributed by atoms with E-state index in [2.05, 4.69) is 176 Å². The van der Waals surface area contributed by atoms with Crippen LogP contribution in [0.4, 0.5) is 0 Å². The summed E-state index contributed by atoms with van der Waals surface area (Å²) < 4.78 is 6.45. The summed E-state index contributed by atoms with van der Waals surface area (Å²) in [5, 5.41) is 8.39. The highest BCUT2D eigenvalue weighted by molar-refractivity contribution is 6.19. The van der Waals surface area contributed by atoms with Crippen LogP contribution in [0.3, 0.4) is 0 Å². The number of benzene rings is 8. The van der Waals surface area contributed by atoms with Gasteiger partial charge in [-0.15, -0.1) is 0 Å². The van der Waals surface area contributed by atoms with Gasteiger partial charge in [0.25, 0.3) is 0 Å². The number of hydrogen-bond acceptors (Lipinski definition) is 4. The summed E-state index contributed by atoms with van der Waals surface area (Å²) in [4.78, 5) is 15.7. The van der Waals surface area contributed by atoms with Gasteiger partial charge >= 0.3 is 0 Å². The number of aromatic nitrogens is 3. The molecule has 6 bridgehead atoms. The molecule has 1 aliphatic carbocycles. The van der Waals surface area contributed by atoms with Crippen molar-refractivity contribution in [3.05, 3.63) is 210 Å². The van der Waals surface area contributed by atoms with Crippen molar-refractivity contribution >= 4 is 65.6 Å². The molecule has 0 unspecified atom stereocenters. The molecule has 0 radical (unpaired) electrons. The molecule has 0 spiro atoms. The van der Waals surface area contributed by atoms with Gasteiger partial charge in [0.15, 0.2) is 17.1 Å². The first-order valence-electron chi connectivity index (χ1n) is 19.0. The molecule has 0 saturated carbocycles. The molecule has 56 heavy (non-hydrogen) atoms. The minimum atomic E-state index is -0.484. The Morgan fingerprint density at radius 1 is 0.375 bits per heavy atom. The third-order valence-corrected chi connectivity index (χ3v) is 11.8. The van der Waals surface area contributed by atoms with E-state index in [1.54, 1.807) is 0 Å². The maximum Gasteiger partial charge on any atom is 0.164 e. The van der Waals surface area contributed by atoms with Crippen LogP contribution in [0, 0.1) is 0 Å². The number of fused-ring (bicyclic) bond motifs is 13. The molecule has 4 nitrogen and oxygen atoms in total. The molecule has 0 fully saturated rings. The molecule has 3 heterocycles. The maximum atomic E-state index is 6.45. The summed E-state index contributed by atoms with van der Waals surface area (Å²) in [6, 6.07) is 67.1. The Morgan fingerprint density at radius 2 is 0.982 bits per heavy atom. The lowest BCUT2D eigenvalue weighted by atomic mass is 9.67. The van der Waals surface area contributed by atoms with Crippen LogP contribution in [0.5, 0.6) is 0 Å². The lowest BCUT2D eigenvalue weighted by Crippen LogP contribution is -2.28. The first-order chi connectivity index (χ1) is 27.7. The standard InChI is InChI=1S/C52H31N3O/c1-2-14-36(15-3-1)52(44-21-8-6-18-40(44)41-19-7-9-22-45(41)52)37-27-24-32(25-28-37)49-53-50-35-13-10-12-33(30-35)38-16-4-5-17-39(38)34-26-29-46-43(31-34)48-42(51(54-49)55-50)20-11-23-47(48)56-46/h1-31H. The predicted octanol–water partition coefficient (Wildman–Crippen LogP) is 13.0. The highest BCUT2D eigenvalue weighted by Gasteiger charge is 2.45. The Hall–Kier alpha value is -7.43. The van der Waals surface area contributed by atoms with Crippen molar-refractivity contribution in [3.8, 4) is 22.5 Å². The van der Waals surface area contributed by atoms with E-state index in [1.165, 1.54) is 33.4 Å². The highest BCUT2D eigenvalue weighted by Crippen LogP contribution is 2.56. The van der Waals surface area contributed by atoms with Gasteiger partial charge in [0.05, 0.1) is 5.41 Å². The first kappa shape index (κ1) is 31.0. The zero-order valence-electron chi connectivity index (χ0n) is 30.1. The zero-order chi connectivity index (χ0) is 36.8. The van der Waals surface area contributed by atoms with Gasteiger partial charge in [0.2, 0.25) is 0 Å². The Balaban J connectivity index is 1.15. The van der Waals surface area contributed by atoms with Crippen LogP contribution in [0.15, 0.2) is 192 Å². The Kier molecular flexibility index (Phi) is 6.52. The molecule has 0 amide bonds. The quantitative estimate of drug-likeness (QED) is 0.183. The summed E-state index contributed by atoms with van der Waals surface area (Å²) in [5.41, 5.74) is 10.8. The van der Waals surface area contributed by atoms with Crippen LogP contribution < -0.4 is 0 Å². The third kappa shape index (κ3) is 4.38. The predicted molar refractivity (Wildman–Crippen MR) is 229 cm³/mol. The minimum Gasteiger partial charge on any atom is -0.456 e. The van der Waals surface area contributed by atoms with E-state index in [-0.39, 0.29) is 0 Å². The van der Waals surface area contributed by atoms with Gasteiger partial charge in [-0.25, -0.2) is 15.0 Å². The molecule has 0 aliphatic heterocycles. The molecule has 0 N–H and O–H groups in total. The van der Waals surface area contributed by atoms with Gasteiger partial charge in [0.1, 0.15) is 11.2 Å². The summed E-state index contributed by atoms with van der Waals surface area (Å²) >= 11 is 0. The lowest BCUT2D eigenvalue weighted by Gasteiger charge is -2.34. The van der Waals surface area contributed by atoms with Crippen LogP contribution in [0.2, 0.25) is 0 Å². The van der Waals surface area contributed by atoms with Gasteiger partial charge < -0.3 is 4.42 Å². The largest absolute Gasteiger partial charge is 0.456 e. The molecule has 1 aliphatic rings. The van der Waals surface area contributed by atoms with Gasteiger partial charge in [-0.2, -0.15) is 0 Å². The molecule has 8 aromatic carbocycles. The number of nitrogens with zero attached hydrogens (tertiary/aromatic N) is 3. The van der Waals surface area contributed by atoms with E-state index < -0.39 is 5.41 Å². The summed E-state index contributed by atoms with van der Waals surface area (Å²) in [5.74, 6) is 0.615. The minimum absolute atomic E-state index is 0.484. The smallest absolute Gasteiger partial charge is 0.164 e. The van der Waals surface area contributed by atoms with Gasteiger partial charge in [0, 0.05) is 27.1 Å². The topological polar surface area (TPSA) is 51.8 Å². The van der Waals surface area contributed by atoms with Crippen molar-refractivity contribution in [1.29, 1.82) is 0 Å². The molecule has 4 heteroatoms. The number of hydrogen-bond donors (Lipinski definition) is 0. The van der Waals surface area contributed by atoms with Crippen LogP contribution in [-0.2, 0) is 5.41 Å². The Morgan fingerprint density at radius 3 is 1.75 bits per heavy atom. The van der Waals surface area contributed by atoms with E-state index in [0.717, 1.165) is 59.8 Å². The Bertz CT molecular complexity index is 3380. The maximum absolute atomic E-state index is 6.45. The molecule has 0 atom stereocenters. The number of furan rings is 1. The van der Waals surface area contributed by atoms with Crippen molar-refractivity contribution in [2.75, 3.05) is 0 Å². The highest BCUT2D eigenvalue weighted by atomic mass is 16.3. The SMILES string of the molecule is c1ccc(C2(c3ccc(-c4nc5nc(n4)c4cccc6oc7ccc(cc7c64)c4ccccc4c4cccc5c4)cc3)c3ccccc3-c3ccccc32)cc1. The van der Waals surface area contributed by atoms with Crippen LogP contribution in [0.25, 0.3) is 88.1 Å². The molecular formula is C52H31N3O. The second-order valence-electron chi connectivity index (χ2n) is 14.7. The van der Waals surface area contributed by atoms with Crippen molar-refractivity contribution in [1.82, 2.24) is 15.0 Å². The van der Waals surface area contributed by atoms with Gasteiger partial charge in [-0.3, -0.25) is 0 Å².